The molecule has 1 aromatic carbocycles. The number of aliphatic hydroxyl groups excluding tert-OH is 2. The molecule has 0 saturated carbocycles. The molecular weight excluding hydrogens is 300 g/mol. The smallest absolute Gasteiger partial charge is 0.249 e. The lowest BCUT2D eigenvalue weighted by Gasteiger charge is -2.27. The van der Waals surface area contributed by atoms with Crippen LogP contribution in [-0.4, -0.2) is 46.4 Å². The third kappa shape index (κ3) is 6.25. The van der Waals surface area contributed by atoms with Gasteiger partial charge in [-0.25, -0.2) is 0 Å². The number of benzene rings is 1. The number of hydrogen-bond acceptors (Lipinski definition) is 5. The molecule has 0 spiro atoms. The number of phenolic OH excluding ortho intramolecular Hbond substituents is 1. The second-order valence-electron chi connectivity index (χ2n) is 6.03. The largest absolute Gasteiger partial charge is 0.508 e. The minimum absolute atomic E-state index is 0.0795. The average Bonchev–Trinajstić information content (AvgIpc) is 2.53. The summed E-state index contributed by atoms with van der Waals surface area (Å²) in [6, 6.07) is 6.47. The lowest BCUT2D eigenvalue weighted by Crippen LogP contribution is -2.46. The van der Waals surface area contributed by atoms with E-state index in [0.717, 1.165) is 5.56 Å². The van der Waals surface area contributed by atoms with Crippen molar-refractivity contribution in [1.29, 1.82) is 0 Å². The summed E-state index contributed by atoms with van der Waals surface area (Å²) < 4.78 is 0. The Balaban J connectivity index is 2.28. The van der Waals surface area contributed by atoms with Gasteiger partial charge >= 0.3 is 0 Å². The molecule has 1 rings (SSSR count). The summed E-state index contributed by atoms with van der Waals surface area (Å²) in [7, 11) is 0. The van der Waals surface area contributed by atoms with Gasteiger partial charge in [0.1, 0.15) is 11.9 Å². The Kier molecular flexibility index (Phi) is 6.99. The maximum absolute atomic E-state index is 11.7. The van der Waals surface area contributed by atoms with Crippen molar-refractivity contribution in [3.63, 3.8) is 0 Å². The zero-order valence-electron chi connectivity index (χ0n) is 13.4. The summed E-state index contributed by atoms with van der Waals surface area (Å²) in [5.41, 5.74) is -0.0918. The molecule has 23 heavy (non-hydrogen) atoms. The monoisotopic (exact) mass is 324 g/mol. The van der Waals surface area contributed by atoms with Gasteiger partial charge in [0, 0.05) is 24.9 Å². The Hall–Kier alpha value is -2.12. The molecule has 0 aromatic heterocycles. The molecule has 0 radical (unpaired) electrons. The maximum Gasteiger partial charge on any atom is 0.249 e. The van der Waals surface area contributed by atoms with E-state index in [2.05, 4.69) is 10.6 Å². The van der Waals surface area contributed by atoms with Gasteiger partial charge in [0.2, 0.25) is 11.8 Å². The van der Waals surface area contributed by atoms with Crippen LogP contribution < -0.4 is 10.6 Å². The first-order valence-corrected chi connectivity index (χ1v) is 7.37. The normalized spacial score (nSPS) is 12.5. The van der Waals surface area contributed by atoms with Crippen molar-refractivity contribution < 1.29 is 24.9 Å². The molecule has 0 aliphatic carbocycles. The number of aliphatic hydroxyl groups is 2. The quantitative estimate of drug-likeness (QED) is 0.457. The van der Waals surface area contributed by atoms with Gasteiger partial charge in [-0.3, -0.25) is 9.59 Å². The molecular formula is C16H24N2O5. The molecule has 0 saturated heterocycles. The molecule has 128 valence electrons. The minimum Gasteiger partial charge on any atom is -0.508 e. The molecule has 0 aliphatic rings. The predicted octanol–water partition coefficient (Wildman–Crippen LogP) is -0.106. The molecule has 0 bridgehead atoms. The highest BCUT2D eigenvalue weighted by molar-refractivity contribution is 5.82. The van der Waals surface area contributed by atoms with Crippen LogP contribution in [0.5, 0.6) is 5.75 Å². The van der Waals surface area contributed by atoms with Crippen LogP contribution in [0.25, 0.3) is 0 Å². The van der Waals surface area contributed by atoms with E-state index in [1.54, 1.807) is 26.0 Å². The number of phenols is 1. The summed E-state index contributed by atoms with van der Waals surface area (Å²) in [6.45, 7) is 3.24. The molecule has 0 heterocycles. The standard InChI is InChI=1S/C16H24N2O5/c1-16(2,10-19)14(22)15(23)17-8-7-13(21)18-9-11-3-5-12(20)6-4-11/h3-6,14,19-20,22H,7-10H2,1-2H3,(H,17,23)(H,18,21)/t14-/m0/s1. The lowest BCUT2D eigenvalue weighted by atomic mass is 9.87. The van der Waals surface area contributed by atoms with Crippen molar-refractivity contribution in [2.45, 2.75) is 32.9 Å². The van der Waals surface area contributed by atoms with Crippen LogP contribution in [0, 0.1) is 5.41 Å². The van der Waals surface area contributed by atoms with E-state index in [4.69, 9.17) is 10.2 Å². The van der Waals surface area contributed by atoms with Crippen LogP contribution in [0.15, 0.2) is 24.3 Å². The van der Waals surface area contributed by atoms with Gasteiger partial charge in [-0.05, 0) is 17.7 Å². The van der Waals surface area contributed by atoms with Crippen LogP contribution in [0.4, 0.5) is 0 Å². The molecule has 1 atom stereocenters. The summed E-state index contributed by atoms with van der Waals surface area (Å²) in [5.74, 6) is -0.697. The Morgan fingerprint density at radius 3 is 2.35 bits per heavy atom. The van der Waals surface area contributed by atoms with Crippen molar-refractivity contribution >= 4 is 11.8 Å². The molecule has 1 aromatic rings. The van der Waals surface area contributed by atoms with Crippen LogP contribution in [0.3, 0.4) is 0 Å². The van der Waals surface area contributed by atoms with Crippen LogP contribution in [0.1, 0.15) is 25.8 Å². The number of amides is 2. The number of hydrogen-bond donors (Lipinski definition) is 5. The Morgan fingerprint density at radius 1 is 1.17 bits per heavy atom. The topological polar surface area (TPSA) is 119 Å². The number of aromatic hydroxyl groups is 1. The van der Waals surface area contributed by atoms with E-state index in [1.165, 1.54) is 12.1 Å². The number of nitrogens with one attached hydrogen (secondary N) is 2. The maximum atomic E-state index is 11.7. The summed E-state index contributed by atoms with van der Waals surface area (Å²) in [6.07, 6.45) is -1.26. The Bertz CT molecular complexity index is 528. The van der Waals surface area contributed by atoms with E-state index in [9.17, 15) is 14.7 Å². The van der Waals surface area contributed by atoms with Gasteiger partial charge in [0.25, 0.3) is 0 Å². The Labute approximate surface area is 135 Å². The second kappa shape index (κ2) is 8.50. The van der Waals surface area contributed by atoms with Gasteiger partial charge < -0.3 is 26.0 Å². The number of carbonyl (C=O) groups excluding carboxylic acids is 2. The van der Waals surface area contributed by atoms with Crippen LogP contribution in [-0.2, 0) is 16.1 Å². The molecule has 0 aliphatic heterocycles. The lowest BCUT2D eigenvalue weighted by molar-refractivity contribution is -0.137. The molecule has 5 N–H and O–H groups in total. The van der Waals surface area contributed by atoms with E-state index in [0.29, 0.717) is 6.54 Å². The van der Waals surface area contributed by atoms with Crippen molar-refractivity contribution in [2.75, 3.05) is 13.2 Å². The third-order valence-corrected chi connectivity index (χ3v) is 3.47. The highest BCUT2D eigenvalue weighted by Gasteiger charge is 2.32. The fourth-order valence-corrected chi connectivity index (χ4v) is 1.74. The van der Waals surface area contributed by atoms with E-state index >= 15 is 0 Å². The SMILES string of the molecule is CC(C)(CO)[C@@H](O)C(=O)NCCC(=O)NCc1ccc(O)cc1. The van der Waals surface area contributed by atoms with Gasteiger partial charge in [-0.2, -0.15) is 0 Å². The summed E-state index contributed by atoms with van der Waals surface area (Å²) in [4.78, 5) is 23.4. The van der Waals surface area contributed by atoms with E-state index in [-0.39, 0.29) is 31.2 Å². The van der Waals surface area contributed by atoms with Crippen molar-refractivity contribution in [1.82, 2.24) is 10.6 Å². The van der Waals surface area contributed by atoms with E-state index < -0.39 is 17.4 Å². The summed E-state index contributed by atoms with van der Waals surface area (Å²) >= 11 is 0. The first-order valence-electron chi connectivity index (χ1n) is 7.37. The minimum atomic E-state index is -1.34. The molecule has 0 unspecified atom stereocenters. The number of rotatable bonds is 8. The van der Waals surface area contributed by atoms with Gasteiger partial charge in [0.15, 0.2) is 0 Å². The predicted molar refractivity (Wildman–Crippen MR) is 84.5 cm³/mol. The van der Waals surface area contributed by atoms with Gasteiger partial charge in [0.05, 0.1) is 6.61 Å². The van der Waals surface area contributed by atoms with Crippen molar-refractivity contribution in [3.05, 3.63) is 29.8 Å². The van der Waals surface area contributed by atoms with E-state index in [1.807, 2.05) is 0 Å². The first-order chi connectivity index (χ1) is 10.8. The molecule has 7 heteroatoms. The average molecular weight is 324 g/mol. The molecule has 2 amide bonds. The Morgan fingerprint density at radius 2 is 1.78 bits per heavy atom. The highest BCUT2D eigenvalue weighted by atomic mass is 16.3. The fraction of sp³-hybridized carbons (Fsp3) is 0.500. The highest BCUT2D eigenvalue weighted by Crippen LogP contribution is 2.19. The first kappa shape index (κ1) is 18.9. The van der Waals surface area contributed by atoms with Gasteiger partial charge in [-0.1, -0.05) is 26.0 Å². The van der Waals surface area contributed by atoms with Gasteiger partial charge in [-0.15, -0.1) is 0 Å². The molecule has 0 fully saturated rings. The fourth-order valence-electron chi connectivity index (χ4n) is 1.74. The zero-order chi connectivity index (χ0) is 17.5. The number of carbonyl (C=O) groups is 2. The molecule has 7 nitrogen and oxygen atoms in total. The summed E-state index contributed by atoms with van der Waals surface area (Å²) in [5, 5.41) is 33.2. The third-order valence-electron chi connectivity index (χ3n) is 3.47. The van der Waals surface area contributed by atoms with Crippen LogP contribution >= 0.6 is 0 Å². The van der Waals surface area contributed by atoms with Crippen LogP contribution in [0.2, 0.25) is 0 Å². The second-order valence-corrected chi connectivity index (χ2v) is 6.03. The van der Waals surface area contributed by atoms with Crippen molar-refractivity contribution in [2.24, 2.45) is 5.41 Å². The zero-order valence-corrected chi connectivity index (χ0v) is 13.4. The van der Waals surface area contributed by atoms with Crippen molar-refractivity contribution in [3.8, 4) is 5.75 Å².